The lowest BCUT2D eigenvalue weighted by molar-refractivity contribution is -0.117. The number of nitrogens with zero attached hydrogens (tertiary/aromatic N) is 1. The largest absolute Gasteiger partial charge is 0.511 e. The van der Waals surface area contributed by atoms with Crippen LogP contribution in [0, 0.1) is 5.41 Å². The van der Waals surface area contributed by atoms with Gasteiger partial charge in [0.05, 0.1) is 18.8 Å². The highest BCUT2D eigenvalue weighted by atomic mass is 16.5. The molecule has 5 nitrogen and oxygen atoms in total. The summed E-state index contributed by atoms with van der Waals surface area (Å²) in [4.78, 5) is 17.8. The van der Waals surface area contributed by atoms with Crippen molar-refractivity contribution in [1.29, 1.82) is 0 Å². The van der Waals surface area contributed by atoms with Gasteiger partial charge in [0.2, 0.25) is 0 Å². The minimum atomic E-state index is -0.173. The third-order valence-electron chi connectivity index (χ3n) is 5.67. The predicted octanol–water partition coefficient (Wildman–Crippen LogP) is 5.91. The van der Waals surface area contributed by atoms with Crippen molar-refractivity contribution in [2.24, 2.45) is 10.4 Å². The Morgan fingerprint density at radius 2 is 1.67 bits per heavy atom. The third kappa shape index (κ3) is 6.70. The van der Waals surface area contributed by atoms with Crippen LogP contribution in [0.2, 0.25) is 0 Å². The first kappa shape index (κ1) is 24.6. The molecule has 1 saturated carbocycles. The molecule has 0 amide bonds. The topological polar surface area (TPSA) is 68.1 Å². The highest BCUT2D eigenvalue weighted by Crippen LogP contribution is 2.36. The van der Waals surface area contributed by atoms with Crippen molar-refractivity contribution >= 4 is 11.5 Å². The molecule has 1 fully saturated rings. The molecule has 0 unspecified atom stereocenters. The maximum absolute atomic E-state index is 13.1. The molecule has 0 atom stereocenters. The number of hydrogen-bond acceptors (Lipinski definition) is 5. The second-order valence-corrected chi connectivity index (χ2v) is 9.15. The van der Waals surface area contributed by atoms with Crippen molar-refractivity contribution in [3.63, 3.8) is 0 Å². The molecule has 0 bridgehead atoms. The second-order valence-electron chi connectivity index (χ2n) is 9.15. The molecule has 3 rings (SSSR count). The fourth-order valence-electron chi connectivity index (χ4n) is 4.20. The Morgan fingerprint density at radius 1 is 0.970 bits per heavy atom. The van der Waals surface area contributed by atoms with Crippen LogP contribution in [-0.4, -0.2) is 36.4 Å². The maximum atomic E-state index is 13.1. The molecule has 0 heterocycles. The van der Waals surface area contributed by atoms with Gasteiger partial charge < -0.3 is 14.6 Å². The fourth-order valence-corrected chi connectivity index (χ4v) is 4.20. The molecule has 1 N–H and O–H groups in total. The average molecular weight is 450 g/mol. The van der Waals surface area contributed by atoms with Crippen LogP contribution in [0.4, 0.5) is 0 Å². The van der Waals surface area contributed by atoms with Crippen LogP contribution < -0.4 is 9.47 Å². The van der Waals surface area contributed by atoms with Crippen LogP contribution >= 0.6 is 0 Å². The van der Waals surface area contributed by atoms with E-state index in [1.165, 1.54) is 5.56 Å². The lowest BCUT2D eigenvalue weighted by atomic mass is 9.73. The van der Waals surface area contributed by atoms with Crippen molar-refractivity contribution < 1.29 is 19.4 Å². The van der Waals surface area contributed by atoms with E-state index in [2.05, 4.69) is 26.0 Å². The molecule has 0 aliphatic heterocycles. The number of carbonyl (C=O) groups is 1. The van der Waals surface area contributed by atoms with Crippen LogP contribution in [0.15, 0.2) is 64.9 Å². The Kier molecular flexibility index (Phi) is 8.32. The average Bonchev–Trinajstić information content (AvgIpc) is 2.75. The number of rotatable bonds is 9. The summed E-state index contributed by atoms with van der Waals surface area (Å²) < 4.78 is 11.3. The molecule has 33 heavy (non-hydrogen) atoms. The van der Waals surface area contributed by atoms with Gasteiger partial charge in [0.25, 0.3) is 0 Å². The standard InChI is InChI=1S/C28H35NO4/c1-5-32-25-13-12-21(17-26(25)33-6-2)16-23(30)27-22(18-28(3,4)19-24(27)31)29-15-14-20-10-8-7-9-11-20/h7-13,17,30H,5-6,14-16,18-19H2,1-4H3/b27-23-,29-22?. The quantitative estimate of drug-likeness (QED) is 0.382. The van der Waals surface area contributed by atoms with E-state index < -0.39 is 0 Å². The number of ketones is 1. The molecule has 0 aromatic heterocycles. The number of allylic oxidation sites excluding steroid dienone is 2. The summed E-state index contributed by atoms with van der Waals surface area (Å²) in [6, 6.07) is 15.8. The molecule has 5 heteroatoms. The molecule has 0 spiro atoms. The van der Waals surface area contributed by atoms with E-state index in [1.807, 2.05) is 50.2 Å². The molecule has 1 aliphatic carbocycles. The summed E-state index contributed by atoms with van der Waals surface area (Å²) in [5.41, 5.74) is 2.98. The zero-order chi connectivity index (χ0) is 23.8. The Hall–Kier alpha value is -3.08. The summed E-state index contributed by atoms with van der Waals surface area (Å²) in [5, 5.41) is 11.1. The smallest absolute Gasteiger partial charge is 0.168 e. The number of aliphatic imine (C=N–C) groups is 1. The normalized spacial score (nSPS) is 18.3. The van der Waals surface area contributed by atoms with E-state index in [4.69, 9.17) is 14.5 Å². The molecular weight excluding hydrogens is 414 g/mol. The van der Waals surface area contributed by atoms with Gasteiger partial charge in [0, 0.05) is 25.1 Å². The van der Waals surface area contributed by atoms with Gasteiger partial charge in [-0.1, -0.05) is 50.2 Å². The summed E-state index contributed by atoms with van der Waals surface area (Å²) in [6.07, 6.45) is 2.10. The van der Waals surface area contributed by atoms with E-state index in [-0.39, 0.29) is 23.4 Å². The SMILES string of the molecule is CCOc1ccc(C/C(O)=C2/C(=O)CC(C)(C)CC2=NCCc2ccccc2)cc1OCC. The van der Waals surface area contributed by atoms with Crippen LogP contribution in [0.1, 0.15) is 51.7 Å². The molecule has 1 aliphatic rings. The number of Topliss-reactive ketones (excluding diaryl/α,β-unsaturated/α-hetero) is 1. The Labute approximate surface area is 197 Å². The van der Waals surface area contributed by atoms with Crippen LogP contribution in [0.5, 0.6) is 11.5 Å². The Bertz CT molecular complexity index is 1020. The van der Waals surface area contributed by atoms with E-state index in [1.54, 1.807) is 0 Å². The number of aliphatic hydroxyl groups excluding tert-OH is 1. The fraction of sp³-hybridized carbons (Fsp3) is 0.429. The number of ether oxygens (including phenoxy) is 2. The van der Waals surface area contributed by atoms with E-state index in [0.717, 1.165) is 12.0 Å². The first-order chi connectivity index (χ1) is 15.8. The van der Waals surface area contributed by atoms with Crippen LogP contribution in [0.25, 0.3) is 0 Å². The monoisotopic (exact) mass is 449 g/mol. The van der Waals surface area contributed by atoms with Gasteiger partial charge in [-0.25, -0.2) is 0 Å². The van der Waals surface area contributed by atoms with E-state index in [0.29, 0.717) is 55.4 Å². The number of benzene rings is 2. The first-order valence-electron chi connectivity index (χ1n) is 11.7. The number of hydrogen-bond donors (Lipinski definition) is 1. The minimum absolute atomic E-state index is 0.0434. The molecular formula is C28H35NO4. The summed E-state index contributed by atoms with van der Waals surface area (Å²) >= 11 is 0. The van der Waals surface area contributed by atoms with Crippen LogP contribution in [0.3, 0.4) is 0 Å². The molecule has 2 aromatic rings. The molecule has 0 saturated heterocycles. The lowest BCUT2D eigenvalue weighted by Gasteiger charge is -2.31. The van der Waals surface area contributed by atoms with Gasteiger partial charge in [-0.3, -0.25) is 9.79 Å². The van der Waals surface area contributed by atoms with Gasteiger partial charge in [-0.05, 0) is 55.4 Å². The van der Waals surface area contributed by atoms with Crippen molar-refractivity contribution in [2.45, 2.75) is 53.4 Å². The van der Waals surface area contributed by atoms with Crippen molar-refractivity contribution in [3.05, 3.63) is 71.0 Å². The van der Waals surface area contributed by atoms with Gasteiger partial charge in [-0.15, -0.1) is 0 Å². The van der Waals surface area contributed by atoms with Gasteiger partial charge in [-0.2, -0.15) is 0 Å². The summed E-state index contributed by atoms with van der Waals surface area (Å²) in [7, 11) is 0. The number of carbonyl (C=O) groups excluding carboxylic acids is 1. The minimum Gasteiger partial charge on any atom is -0.511 e. The molecule has 0 radical (unpaired) electrons. The van der Waals surface area contributed by atoms with Gasteiger partial charge in [0.1, 0.15) is 5.76 Å². The third-order valence-corrected chi connectivity index (χ3v) is 5.67. The number of aliphatic hydroxyl groups is 1. The zero-order valence-corrected chi connectivity index (χ0v) is 20.2. The summed E-state index contributed by atoms with van der Waals surface area (Å²) in [5.74, 6) is 1.34. The van der Waals surface area contributed by atoms with E-state index >= 15 is 0 Å². The Morgan fingerprint density at radius 3 is 2.36 bits per heavy atom. The summed E-state index contributed by atoms with van der Waals surface area (Å²) in [6.45, 7) is 9.64. The van der Waals surface area contributed by atoms with E-state index in [9.17, 15) is 9.90 Å². The highest BCUT2D eigenvalue weighted by Gasteiger charge is 2.36. The molecule has 176 valence electrons. The maximum Gasteiger partial charge on any atom is 0.168 e. The van der Waals surface area contributed by atoms with Crippen molar-refractivity contribution in [2.75, 3.05) is 19.8 Å². The van der Waals surface area contributed by atoms with Gasteiger partial charge >= 0.3 is 0 Å². The van der Waals surface area contributed by atoms with Crippen molar-refractivity contribution in [1.82, 2.24) is 0 Å². The molecule has 2 aromatic carbocycles. The lowest BCUT2D eigenvalue weighted by Crippen LogP contribution is -2.33. The van der Waals surface area contributed by atoms with Crippen molar-refractivity contribution in [3.8, 4) is 11.5 Å². The zero-order valence-electron chi connectivity index (χ0n) is 20.2. The predicted molar refractivity (Wildman–Crippen MR) is 133 cm³/mol. The Balaban J connectivity index is 1.87. The van der Waals surface area contributed by atoms with Crippen LogP contribution in [-0.2, 0) is 17.6 Å². The van der Waals surface area contributed by atoms with Gasteiger partial charge in [0.15, 0.2) is 17.3 Å². The second kappa shape index (κ2) is 11.2. The first-order valence-corrected chi connectivity index (χ1v) is 11.7. The highest BCUT2D eigenvalue weighted by molar-refractivity contribution is 6.24.